The van der Waals surface area contributed by atoms with Crippen molar-refractivity contribution in [3.8, 4) is 11.5 Å². The second kappa shape index (κ2) is 10.1. The lowest BCUT2D eigenvalue weighted by Gasteiger charge is -2.38. The molecule has 0 radical (unpaired) electrons. The van der Waals surface area contributed by atoms with Crippen LogP contribution in [0.1, 0.15) is 17.5 Å². The van der Waals surface area contributed by atoms with Crippen molar-refractivity contribution >= 4 is 25.8 Å². The van der Waals surface area contributed by atoms with E-state index in [1.807, 2.05) is 61.5 Å². The minimum Gasteiger partial charge on any atom is -0.434 e. The van der Waals surface area contributed by atoms with Crippen LogP contribution in [0.15, 0.2) is 59.5 Å². The highest BCUT2D eigenvalue weighted by atomic mass is 32.2. The molecule has 6 heteroatoms. The van der Waals surface area contributed by atoms with Crippen molar-refractivity contribution in [2.45, 2.75) is 61.4 Å². The summed E-state index contributed by atoms with van der Waals surface area (Å²) in [6, 6.07) is 17.6. The predicted molar refractivity (Wildman–Crippen MR) is 127 cm³/mol. The lowest BCUT2D eigenvalue weighted by Crippen LogP contribution is -2.49. The molecule has 2 aromatic rings. The van der Waals surface area contributed by atoms with Crippen molar-refractivity contribution in [1.82, 2.24) is 0 Å². The average molecular weight is 455 g/mol. The standard InChI is InChI=1S/C25H30O4SSi/c1-19-10-12-21(13-11-19)30-22-17-25(27,14-15-31(2,3)4)18-28-24(22)29-23(26)16-20-8-6-5-7-9-20/h5-13,22,24,27H,16-18H2,1-4H3/t22-,24+,25+/m1/s1. The predicted octanol–water partition coefficient (Wildman–Crippen LogP) is 4.60. The summed E-state index contributed by atoms with van der Waals surface area (Å²) in [7, 11) is -1.65. The molecule has 4 nitrogen and oxygen atoms in total. The smallest absolute Gasteiger partial charge is 0.312 e. The zero-order valence-corrected chi connectivity index (χ0v) is 20.4. The maximum atomic E-state index is 12.5. The second-order valence-corrected chi connectivity index (χ2v) is 15.1. The topological polar surface area (TPSA) is 55.8 Å². The van der Waals surface area contributed by atoms with E-state index in [1.54, 1.807) is 11.8 Å². The number of thioether (sulfide) groups is 1. The Hall–Kier alpha value is -2.04. The number of hydrogen-bond acceptors (Lipinski definition) is 5. The fraction of sp³-hybridized carbons (Fsp3) is 0.400. The molecular formula is C25H30O4SSi. The van der Waals surface area contributed by atoms with Crippen LogP contribution in [0.2, 0.25) is 19.6 Å². The van der Waals surface area contributed by atoms with E-state index in [2.05, 4.69) is 31.1 Å². The van der Waals surface area contributed by atoms with Gasteiger partial charge >= 0.3 is 5.97 Å². The first-order valence-electron chi connectivity index (χ1n) is 10.5. The molecule has 1 aliphatic rings. The first-order valence-corrected chi connectivity index (χ1v) is 14.8. The number of aryl methyl sites for hydroxylation is 1. The Labute approximate surface area is 190 Å². The van der Waals surface area contributed by atoms with Crippen LogP contribution >= 0.6 is 11.8 Å². The van der Waals surface area contributed by atoms with E-state index in [4.69, 9.17) is 9.47 Å². The first-order chi connectivity index (χ1) is 14.6. The van der Waals surface area contributed by atoms with E-state index in [1.165, 1.54) is 5.56 Å². The van der Waals surface area contributed by atoms with Gasteiger partial charge in [-0.2, -0.15) is 0 Å². The highest BCUT2D eigenvalue weighted by Crippen LogP contribution is 2.36. The summed E-state index contributed by atoms with van der Waals surface area (Å²) in [6.45, 7) is 8.48. The zero-order valence-electron chi connectivity index (χ0n) is 18.6. The molecule has 0 saturated carbocycles. The van der Waals surface area contributed by atoms with Crippen LogP contribution in [0.5, 0.6) is 0 Å². The molecule has 1 fully saturated rings. The zero-order chi connectivity index (χ0) is 22.5. The first kappa shape index (κ1) is 23.6. The third-order valence-corrected chi connectivity index (χ3v) is 6.86. The van der Waals surface area contributed by atoms with E-state index in [0.717, 1.165) is 10.5 Å². The third-order valence-electron chi connectivity index (χ3n) is 4.75. The molecule has 1 heterocycles. The molecule has 3 atom stereocenters. The SMILES string of the molecule is Cc1ccc(S[C@@H]2C[C@@](O)(C#C[Si](C)(C)C)CO[C@H]2OC(=O)Cc2ccccc2)cc1. The van der Waals surface area contributed by atoms with Gasteiger partial charge < -0.3 is 14.6 Å². The molecule has 0 unspecified atom stereocenters. The Bertz CT molecular complexity index is 943. The fourth-order valence-electron chi connectivity index (χ4n) is 3.14. The van der Waals surface area contributed by atoms with Gasteiger partial charge in [-0.1, -0.05) is 73.6 Å². The molecule has 0 amide bonds. The lowest BCUT2D eigenvalue weighted by molar-refractivity contribution is -0.203. The summed E-state index contributed by atoms with van der Waals surface area (Å²) in [6.07, 6.45) is -0.189. The van der Waals surface area contributed by atoms with Gasteiger partial charge in [-0.15, -0.1) is 17.3 Å². The largest absolute Gasteiger partial charge is 0.434 e. The van der Waals surface area contributed by atoms with E-state index >= 15 is 0 Å². The second-order valence-electron chi connectivity index (χ2n) is 9.04. The van der Waals surface area contributed by atoms with Gasteiger partial charge in [-0.3, -0.25) is 4.79 Å². The van der Waals surface area contributed by atoms with Crippen LogP contribution < -0.4 is 0 Å². The number of hydrogen-bond donors (Lipinski definition) is 1. The van der Waals surface area contributed by atoms with E-state index in [0.29, 0.717) is 6.42 Å². The molecule has 0 aromatic heterocycles. The molecule has 1 saturated heterocycles. The molecule has 0 aliphatic carbocycles. The summed E-state index contributed by atoms with van der Waals surface area (Å²) in [5.74, 6) is 2.72. The minimum absolute atomic E-state index is 0.0265. The Morgan fingerprint density at radius 2 is 1.87 bits per heavy atom. The van der Waals surface area contributed by atoms with Gasteiger partial charge in [0.25, 0.3) is 0 Å². The minimum atomic E-state index is -1.65. The summed E-state index contributed by atoms with van der Waals surface area (Å²) in [4.78, 5) is 13.6. The quantitative estimate of drug-likeness (QED) is 0.407. The summed E-state index contributed by atoms with van der Waals surface area (Å²) in [5, 5.41) is 10.8. The molecule has 3 rings (SSSR count). The van der Waals surface area contributed by atoms with Gasteiger partial charge in [-0.25, -0.2) is 0 Å². The molecular weight excluding hydrogens is 424 g/mol. The van der Waals surface area contributed by atoms with Gasteiger partial charge in [0.05, 0.1) is 18.3 Å². The monoisotopic (exact) mass is 454 g/mol. The molecule has 31 heavy (non-hydrogen) atoms. The number of aliphatic hydroxyl groups is 1. The number of carbonyl (C=O) groups is 1. The van der Waals surface area contributed by atoms with Crippen LogP contribution in [0.25, 0.3) is 0 Å². The molecule has 0 bridgehead atoms. The highest BCUT2D eigenvalue weighted by Gasteiger charge is 2.42. The molecule has 164 valence electrons. The van der Waals surface area contributed by atoms with Crippen molar-refractivity contribution in [3.63, 3.8) is 0 Å². The number of esters is 1. The Morgan fingerprint density at radius 1 is 1.19 bits per heavy atom. The Kier molecular flexibility index (Phi) is 7.66. The summed E-state index contributed by atoms with van der Waals surface area (Å²) >= 11 is 1.55. The Morgan fingerprint density at radius 3 is 2.52 bits per heavy atom. The normalized spacial score (nSPS) is 23.5. The molecule has 0 spiro atoms. The van der Waals surface area contributed by atoms with Crippen molar-refractivity contribution in [2.75, 3.05) is 6.61 Å². The number of carbonyl (C=O) groups excluding carboxylic acids is 1. The van der Waals surface area contributed by atoms with Gasteiger partial charge in [0.15, 0.2) is 0 Å². The van der Waals surface area contributed by atoms with Crippen LogP contribution in [0.3, 0.4) is 0 Å². The van der Waals surface area contributed by atoms with Crippen molar-refractivity contribution < 1.29 is 19.4 Å². The summed E-state index contributed by atoms with van der Waals surface area (Å²) < 4.78 is 11.6. The van der Waals surface area contributed by atoms with Gasteiger partial charge in [-0.05, 0) is 24.6 Å². The van der Waals surface area contributed by atoms with E-state index in [9.17, 15) is 9.90 Å². The molecule has 1 aliphatic heterocycles. The fourth-order valence-corrected chi connectivity index (χ4v) is 4.99. The van der Waals surface area contributed by atoms with Crippen molar-refractivity contribution in [3.05, 3.63) is 65.7 Å². The average Bonchev–Trinajstić information content (AvgIpc) is 2.71. The maximum absolute atomic E-state index is 12.5. The number of rotatable bonds is 5. The highest BCUT2D eigenvalue weighted by molar-refractivity contribution is 8.00. The van der Waals surface area contributed by atoms with Crippen molar-refractivity contribution in [2.24, 2.45) is 0 Å². The van der Waals surface area contributed by atoms with Crippen LogP contribution in [0.4, 0.5) is 0 Å². The number of ether oxygens (including phenoxy) is 2. The molecule has 2 aromatic carbocycles. The van der Waals surface area contributed by atoms with Crippen LogP contribution in [-0.4, -0.2) is 42.9 Å². The Balaban J connectivity index is 1.75. The van der Waals surface area contributed by atoms with E-state index in [-0.39, 0.29) is 24.2 Å². The lowest BCUT2D eigenvalue weighted by atomic mass is 9.97. The molecule has 1 N–H and O–H groups in total. The van der Waals surface area contributed by atoms with E-state index < -0.39 is 20.0 Å². The number of benzene rings is 2. The maximum Gasteiger partial charge on any atom is 0.312 e. The van der Waals surface area contributed by atoms with Crippen molar-refractivity contribution in [1.29, 1.82) is 0 Å². The van der Waals surface area contributed by atoms with Gasteiger partial charge in [0.2, 0.25) is 6.29 Å². The van der Waals surface area contributed by atoms with Gasteiger partial charge in [0, 0.05) is 11.3 Å². The van der Waals surface area contributed by atoms with Crippen LogP contribution in [0, 0.1) is 18.4 Å². The third kappa shape index (κ3) is 7.55. The van der Waals surface area contributed by atoms with Gasteiger partial charge in [0.1, 0.15) is 13.7 Å². The summed E-state index contributed by atoms with van der Waals surface area (Å²) in [5.41, 5.74) is 4.07. The van der Waals surface area contributed by atoms with Crippen LogP contribution in [-0.2, 0) is 20.7 Å².